The fourth-order valence-electron chi connectivity index (χ4n) is 4.09. The van der Waals surface area contributed by atoms with Crippen LogP contribution in [0.3, 0.4) is 0 Å². The summed E-state index contributed by atoms with van der Waals surface area (Å²) in [7, 11) is 0. The molecule has 1 heteroatoms. The second-order valence-electron chi connectivity index (χ2n) is 7.13. The first kappa shape index (κ1) is 14.6. The zero-order valence-corrected chi connectivity index (χ0v) is 13.5. The van der Waals surface area contributed by atoms with Crippen molar-refractivity contribution in [2.75, 3.05) is 6.54 Å². The lowest BCUT2D eigenvalue weighted by molar-refractivity contribution is 0.199. The minimum Gasteiger partial charge on any atom is -0.310 e. The van der Waals surface area contributed by atoms with Crippen LogP contribution < -0.4 is 5.32 Å². The maximum atomic E-state index is 3.76. The molecule has 1 aliphatic carbocycles. The Balaban J connectivity index is 1.98. The molecule has 0 spiro atoms. The van der Waals surface area contributed by atoms with Crippen LogP contribution >= 0.6 is 0 Å². The van der Waals surface area contributed by atoms with E-state index in [-0.39, 0.29) is 0 Å². The highest BCUT2D eigenvalue weighted by atomic mass is 14.9. The van der Waals surface area contributed by atoms with Crippen molar-refractivity contribution >= 4 is 10.8 Å². The normalized spacial score (nSPS) is 22.5. The predicted molar refractivity (Wildman–Crippen MR) is 91.5 cm³/mol. The summed E-state index contributed by atoms with van der Waals surface area (Å²) in [4.78, 5) is 0. The number of benzene rings is 2. The molecule has 1 N–H and O–H groups in total. The van der Waals surface area contributed by atoms with Gasteiger partial charge in [0.15, 0.2) is 0 Å². The van der Waals surface area contributed by atoms with E-state index in [4.69, 9.17) is 0 Å². The highest BCUT2D eigenvalue weighted by Crippen LogP contribution is 2.48. The van der Waals surface area contributed by atoms with E-state index in [0.717, 1.165) is 12.5 Å². The maximum Gasteiger partial charge on any atom is 0.0353 e. The van der Waals surface area contributed by atoms with Gasteiger partial charge in [-0.2, -0.15) is 0 Å². The van der Waals surface area contributed by atoms with Crippen LogP contribution in [-0.4, -0.2) is 6.54 Å². The van der Waals surface area contributed by atoms with Crippen LogP contribution in [0.1, 0.15) is 51.6 Å². The standard InChI is InChI=1S/C20H27N/c1-4-21-19(18-10-7-13-20(18,2)3)17-12-11-15-8-5-6-9-16(15)14-17/h5-6,8-9,11-12,14,18-19,21H,4,7,10,13H2,1-3H3. The van der Waals surface area contributed by atoms with Gasteiger partial charge in [0.25, 0.3) is 0 Å². The topological polar surface area (TPSA) is 12.0 Å². The Hall–Kier alpha value is -1.34. The van der Waals surface area contributed by atoms with Crippen molar-refractivity contribution in [2.24, 2.45) is 11.3 Å². The van der Waals surface area contributed by atoms with Gasteiger partial charge >= 0.3 is 0 Å². The SMILES string of the molecule is CCNC(c1ccc2ccccc2c1)C1CCCC1(C)C. The molecule has 0 radical (unpaired) electrons. The van der Waals surface area contributed by atoms with Gasteiger partial charge in [0.1, 0.15) is 0 Å². The minimum absolute atomic E-state index is 0.443. The lowest BCUT2D eigenvalue weighted by Gasteiger charge is -2.35. The predicted octanol–water partition coefficient (Wildman–Crippen LogP) is 5.32. The molecule has 1 saturated carbocycles. The van der Waals surface area contributed by atoms with Crippen molar-refractivity contribution in [3.63, 3.8) is 0 Å². The van der Waals surface area contributed by atoms with Gasteiger partial charge in [-0.05, 0) is 53.1 Å². The number of hydrogen-bond donors (Lipinski definition) is 1. The molecule has 1 nitrogen and oxygen atoms in total. The van der Waals surface area contributed by atoms with Crippen molar-refractivity contribution in [3.8, 4) is 0 Å². The second-order valence-corrected chi connectivity index (χ2v) is 7.13. The number of fused-ring (bicyclic) bond motifs is 1. The molecule has 0 aliphatic heterocycles. The average molecular weight is 281 g/mol. The van der Waals surface area contributed by atoms with Crippen LogP contribution in [-0.2, 0) is 0 Å². The van der Waals surface area contributed by atoms with Gasteiger partial charge in [0.2, 0.25) is 0 Å². The molecule has 0 bridgehead atoms. The van der Waals surface area contributed by atoms with E-state index in [9.17, 15) is 0 Å². The molecule has 0 heterocycles. The Kier molecular flexibility index (Phi) is 4.03. The van der Waals surface area contributed by atoms with E-state index >= 15 is 0 Å². The summed E-state index contributed by atoms with van der Waals surface area (Å²) in [5.41, 5.74) is 1.90. The summed E-state index contributed by atoms with van der Waals surface area (Å²) < 4.78 is 0. The summed E-state index contributed by atoms with van der Waals surface area (Å²) >= 11 is 0. The molecule has 2 atom stereocenters. The van der Waals surface area contributed by atoms with E-state index in [1.54, 1.807) is 0 Å². The average Bonchev–Trinajstić information content (AvgIpc) is 2.83. The third-order valence-corrected chi connectivity index (χ3v) is 5.30. The Bertz CT molecular complexity index is 614. The Morgan fingerprint density at radius 1 is 1.14 bits per heavy atom. The number of rotatable bonds is 4. The van der Waals surface area contributed by atoms with Crippen LogP contribution in [0.5, 0.6) is 0 Å². The zero-order chi connectivity index (χ0) is 14.9. The lowest BCUT2D eigenvalue weighted by Crippen LogP contribution is -2.33. The van der Waals surface area contributed by atoms with Crippen molar-refractivity contribution < 1.29 is 0 Å². The molecule has 3 rings (SSSR count). The van der Waals surface area contributed by atoms with Gasteiger partial charge in [-0.25, -0.2) is 0 Å². The van der Waals surface area contributed by atoms with Crippen LogP contribution in [0.25, 0.3) is 10.8 Å². The third kappa shape index (κ3) is 2.85. The van der Waals surface area contributed by atoms with Crippen molar-refractivity contribution in [2.45, 2.75) is 46.1 Å². The first-order valence-electron chi connectivity index (χ1n) is 8.34. The van der Waals surface area contributed by atoms with Crippen LogP contribution in [0.2, 0.25) is 0 Å². The molecule has 0 amide bonds. The zero-order valence-electron chi connectivity index (χ0n) is 13.5. The van der Waals surface area contributed by atoms with Crippen LogP contribution in [0.15, 0.2) is 42.5 Å². The van der Waals surface area contributed by atoms with E-state index in [1.807, 2.05) is 0 Å². The van der Waals surface area contributed by atoms with Crippen LogP contribution in [0.4, 0.5) is 0 Å². The van der Waals surface area contributed by atoms with Gasteiger partial charge < -0.3 is 5.32 Å². The largest absolute Gasteiger partial charge is 0.310 e. The van der Waals surface area contributed by atoms with E-state index in [2.05, 4.69) is 68.6 Å². The quantitative estimate of drug-likeness (QED) is 0.800. The first-order valence-corrected chi connectivity index (χ1v) is 8.34. The molecule has 2 aromatic rings. The Morgan fingerprint density at radius 3 is 2.57 bits per heavy atom. The van der Waals surface area contributed by atoms with Gasteiger partial charge in [0, 0.05) is 6.04 Å². The first-order chi connectivity index (χ1) is 10.1. The highest BCUT2D eigenvalue weighted by molar-refractivity contribution is 5.83. The molecule has 21 heavy (non-hydrogen) atoms. The third-order valence-electron chi connectivity index (χ3n) is 5.30. The summed E-state index contributed by atoms with van der Waals surface area (Å²) in [5, 5.41) is 6.45. The van der Waals surface area contributed by atoms with E-state index in [0.29, 0.717) is 11.5 Å². The van der Waals surface area contributed by atoms with E-state index in [1.165, 1.54) is 35.6 Å². The summed E-state index contributed by atoms with van der Waals surface area (Å²) in [6.07, 6.45) is 4.07. The van der Waals surface area contributed by atoms with Gasteiger partial charge in [-0.3, -0.25) is 0 Å². The maximum absolute atomic E-state index is 3.76. The van der Waals surface area contributed by atoms with Gasteiger partial charge in [-0.15, -0.1) is 0 Å². The fourth-order valence-corrected chi connectivity index (χ4v) is 4.09. The Morgan fingerprint density at radius 2 is 1.90 bits per heavy atom. The van der Waals surface area contributed by atoms with Crippen molar-refractivity contribution in [3.05, 3.63) is 48.0 Å². The number of nitrogens with one attached hydrogen (secondary N) is 1. The highest BCUT2D eigenvalue weighted by Gasteiger charge is 2.39. The molecular formula is C20H27N. The number of hydrogen-bond acceptors (Lipinski definition) is 1. The smallest absolute Gasteiger partial charge is 0.0353 e. The summed E-state index contributed by atoms with van der Waals surface area (Å²) in [6.45, 7) is 8.13. The van der Waals surface area contributed by atoms with E-state index < -0.39 is 0 Å². The summed E-state index contributed by atoms with van der Waals surface area (Å²) in [6, 6.07) is 16.1. The van der Waals surface area contributed by atoms with Crippen molar-refractivity contribution in [1.29, 1.82) is 0 Å². The molecule has 0 saturated heterocycles. The molecule has 2 aromatic carbocycles. The molecule has 0 aromatic heterocycles. The molecule has 2 unspecified atom stereocenters. The molecule has 1 aliphatic rings. The Labute approximate surface area is 128 Å². The van der Waals surface area contributed by atoms with Crippen molar-refractivity contribution in [1.82, 2.24) is 5.32 Å². The molecule has 1 fully saturated rings. The molecule has 112 valence electrons. The monoisotopic (exact) mass is 281 g/mol. The van der Waals surface area contributed by atoms with Crippen LogP contribution in [0, 0.1) is 11.3 Å². The lowest BCUT2D eigenvalue weighted by atomic mass is 9.75. The second kappa shape index (κ2) is 5.81. The van der Waals surface area contributed by atoms with Gasteiger partial charge in [0.05, 0.1) is 0 Å². The van der Waals surface area contributed by atoms with Gasteiger partial charge in [-0.1, -0.05) is 63.6 Å². The minimum atomic E-state index is 0.443. The fraction of sp³-hybridized carbons (Fsp3) is 0.500. The molecular weight excluding hydrogens is 254 g/mol. The summed E-state index contributed by atoms with van der Waals surface area (Å²) in [5.74, 6) is 0.735.